The van der Waals surface area contributed by atoms with Crippen LogP contribution in [0.5, 0.6) is 0 Å². The number of urea groups is 1. The molecular formula is C29H29N7O5S2. The van der Waals surface area contributed by atoms with E-state index in [9.17, 15) is 22.8 Å². The number of rotatable bonds is 9. The maximum atomic E-state index is 13.3. The molecule has 4 rings (SSSR count). The molecule has 1 aliphatic heterocycles. The predicted molar refractivity (Wildman–Crippen MR) is 160 cm³/mol. The van der Waals surface area contributed by atoms with E-state index < -0.39 is 41.0 Å². The molecular weight excluding hydrogens is 590 g/mol. The Morgan fingerprint density at radius 3 is 2.23 bits per heavy atom. The molecule has 2 aromatic carbocycles. The molecule has 1 aromatic heterocycles. The fourth-order valence-corrected chi connectivity index (χ4v) is 7.03. The molecule has 3 aromatic rings. The Labute approximate surface area is 253 Å². The van der Waals surface area contributed by atoms with E-state index in [2.05, 4.69) is 15.5 Å². The molecule has 222 valence electrons. The summed E-state index contributed by atoms with van der Waals surface area (Å²) in [5, 5.41) is 23.3. The predicted octanol–water partition coefficient (Wildman–Crippen LogP) is 3.01. The highest BCUT2D eigenvalue weighted by Gasteiger charge is 2.30. The largest absolute Gasteiger partial charge is 0.331 e. The van der Waals surface area contributed by atoms with Crippen molar-refractivity contribution in [3.8, 4) is 12.1 Å². The minimum absolute atomic E-state index is 0.124. The van der Waals surface area contributed by atoms with Gasteiger partial charge in [0, 0.05) is 44.2 Å². The third-order valence-corrected chi connectivity index (χ3v) is 9.65. The van der Waals surface area contributed by atoms with Crippen molar-refractivity contribution in [2.24, 2.45) is 0 Å². The second kappa shape index (κ2) is 13.6. The summed E-state index contributed by atoms with van der Waals surface area (Å²) in [6, 6.07) is 17.9. The molecule has 12 nitrogen and oxygen atoms in total. The van der Waals surface area contributed by atoms with Crippen molar-refractivity contribution in [1.82, 2.24) is 19.4 Å². The first-order valence-electron chi connectivity index (χ1n) is 13.1. The normalized spacial score (nSPS) is 13.0. The minimum Gasteiger partial charge on any atom is -0.331 e. The summed E-state index contributed by atoms with van der Waals surface area (Å²) in [5.74, 6) is -1.21. The standard InChI is InChI=1S/C29H29N7O5S2/c1-34(2)29(39)33-27(38)25-23-12-15-35(18-20-6-4-3-5-7-20)19-24(23)42-28(25)32-26(37)21-8-10-22(11-9-21)43(40,41)36(16-13-30)17-14-31/h3-11H,12,15-19H2,1-2H3,(H,32,37)(H,33,38,39). The molecule has 0 saturated heterocycles. The first-order valence-corrected chi connectivity index (χ1v) is 15.4. The molecule has 0 bridgehead atoms. The van der Waals surface area contributed by atoms with Gasteiger partial charge in [0.15, 0.2) is 0 Å². The van der Waals surface area contributed by atoms with E-state index >= 15 is 0 Å². The van der Waals surface area contributed by atoms with Crippen LogP contribution >= 0.6 is 11.3 Å². The molecule has 0 radical (unpaired) electrons. The highest BCUT2D eigenvalue weighted by molar-refractivity contribution is 7.89. The van der Waals surface area contributed by atoms with E-state index in [1.807, 2.05) is 30.3 Å². The number of nitrogens with zero attached hydrogens (tertiary/aromatic N) is 5. The van der Waals surface area contributed by atoms with Gasteiger partial charge in [0.25, 0.3) is 11.8 Å². The van der Waals surface area contributed by atoms with Gasteiger partial charge in [0.05, 0.1) is 22.6 Å². The van der Waals surface area contributed by atoms with Crippen LogP contribution in [0, 0.1) is 22.7 Å². The number of hydrogen-bond acceptors (Lipinski definition) is 9. The van der Waals surface area contributed by atoms with Crippen molar-refractivity contribution >= 4 is 44.2 Å². The van der Waals surface area contributed by atoms with Gasteiger partial charge < -0.3 is 10.2 Å². The Morgan fingerprint density at radius 1 is 0.977 bits per heavy atom. The SMILES string of the molecule is CN(C)C(=O)NC(=O)c1c(NC(=O)c2ccc(S(=O)(=O)N(CC#N)CC#N)cc2)sc2c1CCN(Cc1ccccc1)C2. The number of nitrogens with one attached hydrogen (secondary N) is 2. The number of carbonyl (C=O) groups excluding carboxylic acids is 3. The molecule has 4 amide bonds. The fourth-order valence-electron chi connectivity index (χ4n) is 4.52. The van der Waals surface area contributed by atoms with E-state index in [1.165, 1.54) is 54.6 Å². The van der Waals surface area contributed by atoms with E-state index in [4.69, 9.17) is 10.5 Å². The smallest absolute Gasteiger partial charge is 0.323 e. The van der Waals surface area contributed by atoms with E-state index in [0.717, 1.165) is 26.9 Å². The van der Waals surface area contributed by atoms with Crippen molar-refractivity contribution in [1.29, 1.82) is 10.5 Å². The van der Waals surface area contributed by atoms with E-state index in [0.29, 0.717) is 19.5 Å². The van der Waals surface area contributed by atoms with Crippen LogP contribution in [-0.4, -0.2) is 74.1 Å². The number of hydrogen-bond donors (Lipinski definition) is 2. The van der Waals surface area contributed by atoms with Crippen LogP contribution < -0.4 is 10.6 Å². The molecule has 0 unspecified atom stereocenters. The third kappa shape index (κ3) is 7.25. The molecule has 14 heteroatoms. The number of nitriles is 2. The number of benzene rings is 2. The van der Waals surface area contributed by atoms with Gasteiger partial charge in [-0.3, -0.25) is 19.8 Å². The minimum atomic E-state index is -4.13. The van der Waals surface area contributed by atoms with Gasteiger partial charge in [-0.15, -0.1) is 11.3 Å². The van der Waals surface area contributed by atoms with Crippen LogP contribution in [0.15, 0.2) is 59.5 Å². The van der Waals surface area contributed by atoms with Gasteiger partial charge in [-0.25, -0.2) is 13.2 Å². The Kier molecular flexibility index (Phi) is 9.90. The van der Waals surface area contributed by atoms with Crippen LogP contribution in [0.3, 0.4) is 0 Å². The fraction of sp³-hybridized carbons (Fsp3) is 0.276. The maximum Gasteiger partial charge on any atom is 0.323 e. The summed E-state index contributed by atoms with van der Waals surface area (Å²) < 4.78 is 26.4. The zero-order valence-corrected chi connectivity index (χ0v) is 25.2. The highest BCUT2D eigenvalue weighted by Crippen LogP contribution is 2.38. The molecule has 2 N–H and O–H groups in total. The number of imide groups is 1. The molecule has 0 atom stereocenters. The zero-order valence-electron chi connectivity index (χ0n) is 23.5. The van der Waals surface area contributed by atoms with Crippen LogP contribution in [0.25, 0.3) is 0 Å². The summed E-state index contributed by atoms with van der Waals surface area (Å²) >= 11 is 1.26. The number of anilines is 1. The molecule has 0 spiro atoms. The van der Waals surface area contributed by atoms with Crippen molar-refractivity contribution in [3.05, 3.63) is 81.7 Å². The number of fused-ring (bicyclic) bond motifs is 1. The molecule has 43 heavy (non-hydrogen) atoms. The van der Waals surface area contributed by atoms with Gasteiger partial charge in [-0.05, 0) is 41.8 Å². The van der Waals surface area contributed by atoms with Crippen molar-refractivity contribution in [2.75, 3.05) is 39.0 Å². The quantitative estimate of drug-likeness (QED) is 0.345. The molecule has 2 heterocycles. The average molecular weight is 620 g/mol. The molecule has 0 aliphatic carbocycles. The maximum absolute atomic E-state index is 13.3. The van der Waals surface area contributed by atoms with Gasteiger partial charge in [0.2, 0.25) is 10.0 Å². The first-order chi connectivity index (χ1) is 20.5. The number of sulfonamides is 1. The Hall–Kier alpha value is -4.60. The van der Waals surface area contributed by atoms with Gasteiger partial charge in [-0.2, -0.15) is 14.8 Å². The van der Waals surface area contributed by atoms with Crippen molar-refractivity contribution in [2.45, 2.75) is 24.4 Å². The molecule has 0 fully saturated rings. The Morgan fingerprint density at radius 2 is 1.63 bits per heavy atom. The Bertz CT molecular complexity index is 1690. The first kappa shape index (κ1) is 31.3. The number of carbonyl (C=O) groups is 3. The van der Waals surface area contributed by atoms with Gasteiger partial charge >= 0.3 is 6.03 Å². The highest BCUT2D eigenvalue weighted by atomic mass is 32.2. The lowest BCUT2D eigenvalue weighted by atomic mass is 10.0. The second-order valence-electron chi connectivity index (χ2n) is 9.88. The monoisotopic (exact) mass is 619 g/mol. The molecule has 0 saturated carbocycles. The van der Waals surface area contributed by atoms with Crippen LogP contribution in [-0.2, 0) is 29.5 Å². The average Bonchev–Trinajstić information content (AvgIpc) is 3.34. The lowest BCUT2D eigenvalue weighted by Crippen LogP contribution is -2.39. The lowest BCUT2D eigenvalue weighted by molar-refractivity contribution is 0.0956. The summed E-state index contributed by atoms with van der Waals surface area (Å²) in [7, 11) is -1.10. The molecule has 1 aliphatic rings. The lowest BCUT2D eigenvalue weighted by Gasteiger charge is -2.27. The van der Waals surface area contributed by atoms with E-state index in [-0.39, 0.29) is 21.0 Å². The van der Waals surface area contributed by atoms with Crippen LogP contribution in [0.1, 0.15) is 36.7 Å². The summed E-state index contributed by atoms with van der Waals surface area (Å²) in [6.45, 7) is 0.964. The van der Waals surface area contributed by atoms with Crippen molar-refractivity contribution < 1.29 is 22.8 Å². The summed E-state index contributed by atoms with van der Waals surface area (Å²) in [6.07, 6.45) is 0.544. The number of thiophene rings is 1. The van der Waals surface area contributed by atoms with Gasteiger partial charge in [0.1, 0.15) is 18.1 Å². The van der Waals surface area contributed by atoms with Crippen LogP contribution in [0.4, 0.5) is 9.80 Å². The zero-order chi connectivity index (χ0) is 31.1. The second-order valence-corrected chi connectivity index (χ2v) is 12.9. The third-order valence-electron chi connectivity index (χ3n) is 6.71. The number of amides is 4. The summed E-state index contributed by atoms with van der Waals surface area (Å²) in [4.78, 5) is 43.0. The van der Waals surface area contributed by atoms with Gasteiger partial charge in [-0.1, -0.05) is 30.3 Å². The van der Waals surface area contributed by atoms with E-state index in [1.54, 1.807) is 12.1 Å². The Balaban J connectivity index is 1.59. The van der Waals surface area contributed by atoms with Crippen molar-refractivity contribution in [3.63, 3.8) is 0 Å². The topological polar surface area (TPSA) is 167 Å². The summed E-state index contributed by atoms with van der Waals surface area (Å²) in [5.41, 5.74) is 2.27. The van der Waals surface area contributed by atoms with Crippen LogP contribution in [0.2, 0.25) is 0 Å².